The van der Waals surface area contributed by atoms with E-state index < -0.39 is 11.9 Å². The summed E-state index contributed by atoms with van der Waals surface area (Å²) in [5.41, 5.74) is 8.42. The van der Waals surface area contributed by atoms with Crippen LogP contribution in [0.25, 0.3) is 21.2 Å². The predicted octanol–water partition coefficient (Wildman–Crippen LogP) is 5.13. The highest BCUT2D eigenvalue weighted by atomic mass is 32.1. The Morgan fingerprint density at radius 1 is 1.12 bits per heavy atom. The number of halogens is 3. The predicted molar refractivity (Wildman–Crippen MR) is 127 cm³/mol. The lowest BCUT2D eigenvalue weighted by molar-refractivity contribution is 0.0127. The Hall–Kier alpha value is -3.08. The minimum atomic E-state index is -2.97. The molecule has 0 bridgehead atoms. The molecule has 34 heavy (non-hydrogen) atoms. The quantitative estimate of drug-likeness (QED) is 0.318. The van der Waals surface area contributed by atoms with Crippen LogP contribution in [0.5, 0.6) is 0 Å². The molecule has 0 aliphatic rings. The van der Waals surface area contributed by atoms with E-state index in [0.29, 0.717) is 24.7 Å². The molecule has 3 heterocycles. The number of aromatic nitrogens is 3. The second kappa shape index (κ2) is 10.0. The Morgan fingerprint density at radius 2 is 1.94 bits per heavy atom. The summed E-state index contributed by atoms with van der Waals surface area (Å²) in [5, 5.41) is 5.52. The van der Waals surface area contributed by atoms with E-state index >= 15 is 0 Å². The fraction of sp³-hybridized carbons (Fsp3) is 0.292. The Balaban J connectivity index is 1.46. The number of alkyl halides is 2. The number of thiazole rings is 1. The number of ether oxygens (including phenoxy) is 1. The van der Waals surface area contributed by atoms with Crippen LogP contribution >= 0.6 is 11.3 Å². The molecule has 10 heteroatoms. The molecule has 4 rings (SSSR count). The third-order valence-corrected chi connectivity index (χ3v) is 6.32. The van der Waals surface area contributed by atoms with Gasteiger partial charge in [0.15, 0.2) is 5.13 Å². The maximum absolute atomic E-state index is 13.6. The molecule has 0 fully saturated rings. The standard InChI is InChI=1S/C24H24F3N5OS/c1-24(26,27)20-6-3-14(10-29-20)7-18(28)12-31-23-32-19(13-33-2)22(34-23)15-4-5-16-11-30-21(25)9-17(16)8-15/h3-6,8-11,18H,7,12-13,28H2,1-2H3,(H,31,32)/t18-/m0/s1. The molecule has 3 aromatic heterocycles. The van der Waals surface area contributed by atoms with Crippen LogP contribution in [0.1, 0.15) is 23.9 Å². The average molecular weight is 488 g/mol. The summed E-state index contributed by atoms with van der Waals surface area (Å²) in [5.74, 6) is -3.50. The van der Waals surface area contributed by atoms with Crippen LogP contribution in [0.2, 0.25) is 0 Å². The second-order valence-electron chi connectivity index (χ2n) is 8.08. The van der Waals surface area contributed by atoms with Crippen molar-refractivity contribution in [2.45, 2.75) is 31.9 Å². The highest BCUT2D eigenvalue weighted by molar-refractivity contribution is 7.19. The largest absolute Gasteiger partial charge is 0.378 e. The van der Waals surface area contributed by atoms with E-state index in [9.17, 15) is 13.2 Å². The van der Waals surface area contributed by atoms with E-state index in [-0.39, 0.29) is 11.7 Å². The molecule has 0 spiro atoms. The van der Waals surface area contributed by atoms with Gasteiger partial charge in [0, 0.05) is 50.5 Å². The summed E-state index contributed by atoms with van der Waals surface area (Å²) in [7, 11) is 1.60. The van der Waals surface area contributed by atoms with Crippen molar-refractivity contribution in [3.63, 3.8) is 0 Å². The number of nitrogens with one attached hydrogen (secondary N) is 1. The molecule has 3 N–H and O–H groups in total. The molecule has 4 aromatic rings. The normalized spacial score (nSPS) is 12.8. The van der Waals surface area contributed by atoms with E-state index in [1.807, 2.05) is 18.2 Å². The van der Waals surface area contributed by atoms with Crippen molar-refractivity contribution in [2.75, 3.05) is 19.0 Å². The molecule has 0 amide bonds. The van der Waals surface area contributed by atoms with E-state index in [1.54, 1.807) is 13.2 Å². The lowest BCUT2D eigenvalue weighted by Gasteiger charge is -2.13. The molecular weight excluding hydrogens is 463 g/mol. The van der Waals surface area contributed by atoms with Crippen LogP contribution in [0.3, 0.4) is 0 Å². The molecule has 178 valence electrons. The maximum atomic E-state index is 13.6. The van der Waals surface area contributed by atoms with Crippen molar-refractivity contribution < 1.29 is 17.9 Å². The Labute approximate surface area is 199 Å². The third-order valence-electron chi connectivity index (χ3n) is 5.22. The first kappa shape index (κ1) is 24.1. The molecule has 0 aliphatic heterocycles. The number of anilines is 1. The van der Waals surface area contributed by atoms with Crippen molar-refractivity contribution >= 4 is 27.2 Å². The summed E-state index contributed by atoms with van der Waals surface area (Å²) in [6.07, 6.45) is 3.41. The van der Waals surface area contributed by atoms with Gasteiger partial charge in [0.2, 0.25) is 5.95 Å². The molecule has 0 radical (unpaired) electrons. The first-order valence-corrected chi connectivity index (χ1v) is 11.4. The fourth-order valence-electron chi connectivity index (χ4n) is 3.54. The number of pyridine rings is 2. The molecule has 0 aliphatic carbocycles. The highest BCUT2D eigenvalue weighted by Crippen LogP contribution is 2.35. The smallest absolute Gasteiger partial charge is 0.286 e. The van der Waals surface area contributed by atoms with Gasteiger partial charge in [0.25, 0.3) is 5.92 Å². The van der Waals surface area contributed by atoms with Gasteiger partial charge in [-0.1, -0.05) is 29.5 Å². The summed E-state index contributed by atoms with van der Waals surface area (Å²) in [6, 6.07) is 9.81. The molecule has 1 atom stereocenters. The van der Waals surface area contributed by atoms with Gasteiger partial charge < -0.3 is 15.8 Å². The van der Waals surface area contributed by atoms with Crippen LogP contribution in [-0.4, -0.2) is 34.6 Å². The van der Waals surface area contributed by atoms with Crippen LogP contribution < -0.4 is 11.1 Å². The maximum Gasteiger partial charge on any atom is 0.286 e. The summed E-state index contributed by atoms with van der Waals surface area (Å²) >= 11 is 1.46. The molecule has 0 unspecified atom stereocenters. The van der Waals surface area contributed by atoms with Crippen LogP contribution in [-0.2, 0) is 23.7 Å². The summed E-state index contributed by atoms with van der Waals surface area (Å²) in [6.45, 7) is 1.57. The second-order valence-corrected chi connectivity index (χ2v) is 9.08. The number of benzene rings is 1. The van der Waals surface area contributed by atoms with E-state index in [0.717, 1.165) is 39.4 Å². The number of nitrogens with two attached hydrogens (primary N) is 1. The molecule has 1 aromatic carbocycles. The first-order chi connectivity index (χ1) is 16.2. The number of rotatable bonds is 9. The first-order valence-electron chi connectivity index (χ1n) is 10.6. The van der Waals surface area contributed by atoms with Gasteiger partial charge in [-0.3, -0.25) is 4.98 Å². The molecule has 6 nitrogen and oxygen atoms in total. The summed E-state index contributed by atoms with van der Waals surface area (Å²) < 4.78 is 45.6. The lowest BCUT2D eigenvalue weighted by atomic mass is 10.1. The lowest BCUT2D eigenvalue weighted by Crippen LogP contribution is -2.31. The van der Waals surface area contributed by atoms with Crippen LogP contribution in [0.4, 0.5) is 18.3 Å². The van der Waals surface area contributed by atoms with Gasteiger partial charge in [-0.25, -0.2) is 9.97 Å². The third kappa shape index (κ3) is 5.69. The van der Waals surface area contributed by atoms with Crippen molar-refractivity contribution in [3.8, 4) is 10.4 Å². The number of hydrogen-bond donors (Lipinski definition) is 2. The van der Waals surface area contributed by atoms with Crippen molar-refractivity contribution in [3.05, 3.63) is 71.7 Å². The van der Waals surface area contributed by atoms with Gasteiger partial charge in [0.05, 0.1) is 17.2 Å². The summed E-state index contributed by atoms with van der Waals surface area (Å²) in [4.78, 5) is 13.1. The SMILES string of the molecule is COCc1nc(NC[C@@H](N)Cc2ccc(C(C)(F)F)nc2)sc1-c1ccc2cnc(F)cc2c1. The van der Waals surface area contributed by atoms with E-state index in [2.05, 4.69) is 20.3 Å². The zero-order valence-corrected chi connectivity index (χ0v) is 19.5. The van der Waals surface area contributed by atoms with Crippen LogP contribution in [0.15, 0.2) is 48.8 Å². The number of methoxy groups -OCH3 is 1. The fourth-order valence-corrected chi connectivity index (χ4v) is 4.51. The zero-order chi connectivity index (χ0) is 24.3. The van der Waals surface area contributed by atoms with Crippen LogP contribution in [0, 0.1) is 5.95 Å². The molecule has 0 saturated heterocycles. The van der Waals surface area contributed by atoms with Gasteiger partial charge in [-0.05, 0) is 35.1 Å². The average Bonchev–Trinajstić information content (AvgIpc) is 3.20. The molecule has 0 saturated carbocycles. The minimum Gasteiger partial charge on any atom is -0.378 e. The van der Waals surface area contributed by atoms with Crippen molar-refractivity contribution in [2.24, 2.45) is 5.73 Å². The Morgan fingerprint density at radius 3 is 2.65 bits per heavy atom. The number of hydrogen-bond acceptors (Lipinski definition) is 7. The van der Waals surface area contributed by atoms with Gasteiger partial charge >= 0.3 is 0 Å². The minimum absolute atomic E-state index is 0.267. The number of fused-ring (bicyclic) bond motifs is 1. The van der Waals surface area contributed by atoms with Gasteiger partial charge in [0.1, 0.15) is 5.69 Å². The van der Waals surface area contributed by atoms with Gasteiger partial charge in [-0.2, -0.15) is 13.2 Å². The van der Waals surface area contributed by atoms with Crippen molar-refractivity contribution in [1.82, 2.24) is 15.0 Å². The zero-order valence-electron chi connectivity index (χ0n) is 18.7. The highest BCUT2D eigenvalue weighted by Gasteiger charge is 2.25. The van der Waals surface area contributed by atoms with E-state index in [4.69, 9.17) is 10.5 Å². The number of nitrogens with zero attached hydrogens (tertiary/aromatic N) is 3. The Bertz CT molecular complexity index is 1270. The van der Waals surface area contributed by atoms with E-state index in [1.165, 1.54) is 35.9 Å². The monoisotopic (exact) mass is 487 g/mol. The Kier molecular flexibility index (Phi) is 7.11. The van der Waals surface area contributed by atoms with Crippen molar-refractivity contribution in [1.29, 1.82) is 0 Å². The van der Waals surface area contributed by atoms with Gasteiger partial charge in [-0.15, -0.1) is 0 Å². The molecular formula is C24H24F3N5OS. The topological polar surface area (TPSA) is 86.0 Å².